The molecule has 0 aliphatic carbocycles. The van der Waals surface area contributed by atoms with Crippen LogP contribution >= 0.6 is 0 Å². The Hall–Kier alpha value is -0.710. The van der Waals surface area contributed by atoms with Gasteiger partial charge in [-0.15, -0.1) is 0 Å². The second-order valence-electron chi connectivity index (χ2n) is 4.06. The minimum Gasteiger partial charge on any atom is -0.336 e. The number of hydrogen-bond acceptors (Lipinski definition) is 2. The van der Waals surface area contributed by atoms with Gasteiger partial charge in [0.25, 0.3) is 5.92 Å². The smallest absolute Gasteiger partial charge is 0.265 e. The van der Waals surface area contributed by atoms with Crippen LogP contribution in [0.2, 0.25) is 0 Å². The first kappa shape index (κ1) is 12.4. The Morgan fingerprint density at radius 1 is 1.60 bits per heavy atom. The number of rotatable bonds is 3. The summed E-state index contributed by atoms with van der Waals surface area (Å²) in [6.45, 7) is 2.07. The summed E-state index contributed by atoms with van der Waals surface area (Å²) in [6.07, 6.45) is 0.868. The number of hydrogen-bond donors (Lipinski definition) is 1. The van der Waals surface area contributed by atoms with Gasteiger partial charge in [0.1, 0.15) is 0 Å². The summed E-state index contributed by atoms with van der Waals surface area (Å²) >= 11 is 0. The second-order valence-corrected chi connectivity index (χ2v) is 4.06. The van der Waals surface area contributed by atoms with Crippen LogP contribution in [0.1, 0.15) is 26.2 Å². The monoisotopic (exact) mass is 220 g/mol. The van der Waals surface area contributed by atoms with Gasteiger partial charge in [0, 0.05) is 19.5 Å². The lowest BCUT2D eigenvalue weighted by Crippen LogP contribution is -2.48. The molecule has 5 heteroatoms. The molecule has 0 saturated carbocycles. The van der Waals surface area contributed by atoms with Gasteiger partial charge in [-0.1, -0.05) is 6.92 Å². The van der Waals surface area contributed by atoms with E-state index in [1.807, 2.05) is 6.92 Å². The average Bonchev–Trinajstić information content (AvgIpc) is 2.18. The molecule has 1 aliphatic heterocycles. The third-order valence-corrected chi connectivity index (χ3v) is 2.83. The Morgan fingerprint density at radius 3 is 2.73 bits per heavy atom. The van der Waals surface area contributed by atoms with Crippen LogP contribution < -0.4 is 5.73 Å². The lowest BCUT2D eigenvalue weighted by molar-refractivity contribution is -0.145. The fourth-order valence-electron chi connectivity index (χ4n) is 1.85. The van der Waals surface area contributed by atoms with Crippen LogP contribution in [0.15, 0.2) is 0 Å². The van der Waals surface area contributed by atoms with Crippen molar-refractivity contribution in [3.05, 3.63) is 0 Å². The number of piperidine rings is 1. The first-order valence-corrected chi connectivity index (χ1v) is 5.37. The van der Waals surface area contributed by atoms with E-state index in [-0.39, 0.29) is 24.8 Å². The maximum Gasteiger partial charge on any atom is 0.265 e. The van der Waals surface area contributed by atoms with Crippen molar-refractivity contribution in [2.45, 2.75) is 32.1 Å². The van der Waals surface area contributed by atoms with Crippen molar-refractivity contribution in [1.82, 2.24) is 4.90 Å². The number of carbonyl (C=O) groups excluding carboxylic acids is 1. The van der Waals surface area contributed by atoms with E-state index in [4.69, 9.17) is 5.73 Å². The van der Waals surface area contributed by atoms with Crippen molar-refractivity contribution in [2.75, 3.05) is 19.6 Å². The largest absolute Gasteiger partial charge is 0.336 e. The fourth-order valence-corrected chi connectivity index (χ4v) is 1.85. The van der Waals surface area contributed by atoms with Gasteiger partial charge in [0.05, 0.1) is 12.5 Å². The molecule has 1 atom stereocenters. The molecule has 0 aromatic heterocycles. The van der Waals surface area contributed by atoms with Crippen LogP contribution in [-0.2, 0) is 4.79 Å². The molecule has 1 heterocycles. The zero-order chi connectivity index (χ0) is 11.5. The van der Waals surface area contributed by atoms with Crippen LogP contribution in [0.4, 0.5) is 8.78 Å². The van der Waals surface area contributed by atoms with Crippen LogP contribution in [-0.4, -0.2) is 36.4 Å². The number of halogens is 2. The normalized spacial score (nSPS) is 22.5. The SMILES string of the molecule is CCC(CN)C(=O)N1CCCC(F)(F)C1. The minimum atomic E-state index is -2.72. The highest BCUT2D eigenvalue weighted by atomic mass is 19.3. The van der Waals surface area contributed by atoms with Crippen molar-refractivity contribution in [3.63, 3.8) is 0 Å². The van der Waals surface area contributed by atoms with E-state index in [9.17, 15) is 13.6 Å². The first-order valence-electron chi connectivity index (χ1n) is 5.37. The third-order valence-electron chi connectivity index (χ3n) is 2.83. The quantitative estimate of drug-likeness (QED) is 0.777. The summed E-state index contributed by atoms with van der Waals surface area (Å²) in [5.41, 5.74) is 5.42. The molecule has 0 spiro atoms. The van der Waals surface area contributed by atoms with E-state index >= 15 is 0 Å². The third kappa shape index (κ3) is 3.12. The van der Waals surface area contributed by atoms with Gasteiger partial charge in [-0.05, 0) is 12.8 Å². The molecule has 0 aromatic rings. The highest BCUT2D eigenvalue weighted by Gasteiger charge is 2.38. The summed E-state index contributed by atoms with van der Waals surface area (Å²) in [6, 6.07) is 0. The molecule has 88 valence electrons. The van der Waals surface area contributed by atoms with Crippen molar-refractivity contribution < 1.29 is 13.6 Å². The Balaban J connectivity index is 2.59. The first-order chi connectivity index (χ1) is 7.00. The van der Waals surface area contributed by atoms with Crippen molar-refractivity contribution in [3.8, 4) is 0 Å². The molecule has 1 amide bonds. The van der Waals surface area contributed by atoms with Gasteiger partial charge in [-0.2, -0.15) is 0 Å². The molecular formula is C10H18F2N2O. The number of likely N-dealkylation sites (tertiary alicyclic amines) is 1. The van der Waals surface area contributed by atoms with E-state index in [1.165, 1.54) is 4.90 Å². The van der Waals surface area contributed by atoms with E-state index in [2.05, 4.69) is 0 Å². The summed E-state index contributed by atoms with van der Waals surface area (Å²) in [5, 5.41) is 0. The summed E-state index contributed by atoms with van der Waals surface area (Å²) in [5.74, 6) is -3.25. The molecule has 1 saturated heterocycles. The molecule has 0 bridgehead atoms. The Morgan fingerprint density at radius 2 is 2.27 bits per heavy atom. The number of alkyl halides is 2. The predicted molar refractivity (Wildman–Crippen MR) is 53.6 cm³/mol. The van der Waals surface area contributed by atoms with Gasteiger partial charge >= 0.3 is 0 Å². The maximum absolute atomic E-state index is 13.1. The molecule has 0 radical (unpaired) electrons. The summed E-state index contributed by atoms with van der Waals surface area (Å²) in [4.78, 5) is 13.0. The highest BCUT2D eigenvalue weighted by molar-refractivity contribution is 5.79. The van der Waals surface area contributed by atoms with E-state index in [1.54, 1.807) is 0 Å². The highest BCUT2D eigenvalue weighted by Crippen LogP contribution is 2.27. The molecule has 2 N–H and O–H groups in total. The van der Waals surface area contributed by atoms with E-state index in [0.717, 1.165) is 0 Å². The van der Waals surface area contributed by atoms with Gasteiger partial charge in [-0.3, -0.25) is 4.79 Å². The Bertz CT molecular complexity index is 229. The van der Waals surface area contributed by atoms with E-state index in [0.29, 0.717) is 19.4 Å². The fraction of sp³-hybridized carbons (Fsp3) is 0.900. The number of carbonyl (C=O) groups is 1. The number of amides is 1. The van der Waals surface area contributed by atoms with Gasteiger partial charge < -0.3 is 10.6 Å². The predicted octanol–water partition coefficient (Wildman–Crippen LogP) is 1.23. The molecule has 1 aliphatic rings. The van der Waals surface area contributed by atoms with Gasteiger partial charge in [0.2, 0.25) is 5.91 Å². The van der Waals surface area contributed by atoms with Crippen LogP contribution in [0.5, 0.6) is 0 Å². The standard InChI is InChI=1S/C10H18F2N2O/c1-2-8(6-13)9(15)14-5-3-4-10(11,12)7-14/h8H,2-7,13H2,1H3. The maximum atomic E-state index is 13.1. The zero-order valence-electron chi connectivity index (χ0n) is 9.01. The molecule has 3 nitrogen and oxygen atoms in total. The number of nitrogens with zero attached hydrogens (tertiary/aromatic N) is 1. The summed E-state index contributed by atoms with van der Waals surface area (Å²) in [7, 11) is 0. The van der Waals surface area contributed by atoms with Crippen LogP contribution in [0.25, 0.3) is 0 Å². The molecule has 1 fully saturated rings. The molecule has 0 aromatic carbocycles. The molecule has 15 heavy (non-hydrogen) atoms. The zero-order valence-corrected chi connectivity index (χ0v) is 9.01. The topological polar surface area (TPSA) is 46.3 Å². The minimum absolute atomic E-state index is 0.115. The Kier molecular flexibility index (Phi) is 4.02. The van der Waals surface area contributed by atoms with Crippen molar-refractivity contribution in [2.24, 2.45) is 11.7 Å². The van der Waals surface area contributed by atoms with Gasteiger partial charge in [0.15, 0.2) is 0 Å². The average molecular weight is 220 g/mol. The number of nitrogens with two attached hydrogens (primary N) is 1. The van der Waals surface area contributed by atoms with Crippen LogP contribution in [0, 0.1) is 5.92 Å². The summed E-state index contributed by atoms with van der Waals surface area (Å²) < 4.78 is 26.1. The van der Waals surface area contributed by atoms with Crippen molar-refractivity contribution in [1.29, 1.82) is 0 Å². The van der Waals surface area contributed by atoms with Crippen LogP contribution in [0.3, 0.4) is 0 Å². The molecule has 1 unspecified atom stereocenters. The van der Waals surface area contributed by atoms with Crippen molar-refractivity contribution >= 4 is 5.91 Å². The lowest BCUT2D eigenvalue weighted by Gasteiger charge is -2.34. The Labute approximate surface area is 88.6 Å². The lowest BCUT2D eigenvalue weighted by atomic mass is 10.0. The van der Waals surface area contributed by atoms with E-state index < -0.39 is 12.5 Å². The van der Waals surface area contributed by atoms with Gasteiger partial charge in [-0.25, -0.2) is 8.78 Å². The molecular weight excluding hydrogens is 202 g/mol. The second kappa shape index (κ2) is 4.88. The molecule has 1 rings (SSSR count).